The molecule has 8 nitrogen and oxygen atoms in total. The number of carboxylic acid groups (broad SMARTS) is 1. The second kappa shape index (κ2) is 11.3. The van der Waals surface area contributed by atoms with Crippen LogP contribution in [0.25, 0.3) is 0 Å². The third-order valence-corrected chi connectivity index (χ3v) is 7.83. The molecule has 1 N–H and O–H groups in total. The third kappa shape index (κ3) is 5.84. The lowest BCUT2D eigenvalue weighted by Gasteiger charge is -2.36. The van der Waals surface area contributed by atoms with Crippen molar-refractivity contribution >= 4 is 17.7 Å². The van der Waals surface area contributed by atoms with Gasteiger partial charge in [-0.3, -0.25) is 14.4 Å². The van der Waals surface area contributed by atoms with Gasteiger partial charge in [0, 0.05) is 37.8 Å². The van der Waals surface area contributed by atoms with Crippen molar-refractivity contribution in [2.75, 3.05) is 20.7 Å². The summed E-state index contributed by atoms with van der Waals surface area (Å²) >= 11 is 0. The number of carboxylic acids is 1. The zero-order chi connectivity index (χ0) is 26.7. The van der Waals surface area contributed by atoms with Crippen LogP contribution < -0.4 is 9.47 Å². The number of ether oxygens (including phenoxy) is 3. The van der Waals surface area contributed by atoms with Crippen LogP contribution in [0.3, 0.4) is 0 Å². The summed E-state index contributed by atoms with van der Waals surface area (Å²) in [4.78, 5) is 38.6. The molecule has 0 fully saturated rings. The molecule has 0 aromatic heterocycles. The van der Waals surface area contributed by atoms with Crippen LogP contribution in [0.15, 0.2) is 24.3 Å². The molecule has 1 aromatic carbocycles. The van der Waals surface area contributed by atoms with Gasteiger partial charge in [0.2, 0.25) is 0 Å². The van der Waals surface area contributed by atoms with Gasteiger partial charge in [-0.05, 0) is 56.5 Å². The molecule has 0 bridgehead atoms. The van der Waals surface area contributed by atoms with Gasteiger partial charge in [0.1, 0.15) is 18.0 Å². The fourth-order valence-electron chi connectivity index (χ4n) is 6.03. The van der Waals surface area contributed by atoms with Crippen LogP contribution in [0.2, 0.25) is 0 Å². The molecule has 1 aliphatic carbocycles. The van der Waals surface area contributed by atoms with E-state index in [0.29, 0.717) is 19.3 Å². The number of nitrogens with zero attached hydrogens (tertiary/aromatic N) is 1. The van der Waals surface area contributed by atoms with Gasteiger partial charge in [-0.15, -0.1) is 0 Å². The topological polar surface area (TPSA) is 102 Å². The van der Waals surface area contributed by atoms with Crippen LogP contribution >= 0.6 is 0 Å². The van der Waals surface area contributed by atoms with Crippen molar-refractivity contribution in [3.05, 3.63) is 35.4 Å². The molecule has 202 valence electrons. The molecular formula is C29H39NO7. The van der Waals surface area contributed by atoms with E-state index in [-0.39, 0.29) is 48.5 Å². The fourth-order valence-corrected chi connectivity index (χ4v) is 6.03. The predicted molar refractivity (Wildman–Crippen MR) is 138 cm³/mol. The van der Waals surface area contributed by atoms with Gasteiger partial charge in [0.15, 0.2) is 11.5 Å². The Balaban J connectivity index is 1.34. The minimum Gasteiger partial charge on any atom is -0.493 e. The first-order valence-corrected chi connectivity index (χ1v) is 13.3. The van der Waals surface area contributed by atoms with Crippen molar-refractivity contribution in [3.8, 4) is 11.5 Å². The lowest BCUT2D eigenvalue weighted by molar-refractivity contribution is -0.149. The second-order valence-corrected chi connectivity index (χ2v) is 11.1. The third-order valence-electron chi connectivity index (χ3n) is 7.83. The number of Topliss-reactive ketones (excluding diaryl/α,β-unsaturated/α-hetero) is 1. The van der Waals surface area contributed by atoms with Gasteiger partial charge in [-0.25, -0.2) is 0 Å². The SMILES string of the molecule is COc1ccc2c3c1O[C@H]1C[C@@H](OC(=O)CCCC(=O)C[C@@H](CC(C)C)C(=O)O)C=C[C@@]31CCN(C)C2. The second-order valence-electron chi connectivity index (χ2n) is 11.1. The molecule has 2 heterocycles. The molecular weight excluding hydrogens is 474 g/mol. The van der Waals surface area contributed by atoms with Gasteiger partial charge in [0.25, 0.3) is 0 Å². The standard InChI is InChI=1S/C29H39NO7/c1-18(2)14-20(28(33)34)15-21(31)6-5-7-25(32)36-22-10-11-29-12-13-30(3)17-19-8-9-23(35-4)27(26(19)29)37-24(29)16-22/h8-11,18,20,22,24H,5-7,12-17H2,1-4H3,(H,33,34)/t20-,22+,24+,29+/m1/s1. The predicted octanol–water partition coefficient (Wildman–Crippen LogP) is 4.28. The number of ketones is 1. The van der Waals surface area contributed by atoms with E-state index in [1.54, 1.807) is 7.11 Å². The minimum atomic E-state index is -0.940. The van der Waals surface area contributed by atoms with Crippen LogP contribution in [-0.2, 0) is 31.1 Å². The molecule has 1 spiro atoms. The minimum absolute atomic E-state index is 0.0101. The maximum absolute atomic E-state index is 12.6. The molecule has 4 rings (SSSR count). The molecule has 0 amide bonds. The molecule has 0 unspecified atom stereocenters. The molecule has 0 saturated heterocycles. The van der Waals surface area contributed by atoms with Crippen LogP contribution in [0, 0.1) is 11.8 Å². The van der Waals surface area contributed by atoms with Crippen molar-refractivity contribution in [1.29, 1.82) is 0 Å². The highest BCUT2D eigenvalue weighted by Gasteiger charge is 2.53. The average molecular weight is 514 g/mol. The quantitative estimate of drug-likeness (QED) is 0.346. The van der Waals surface area contributed by atoms with Crippen molar-refractivity contribution in [1.82, 2.24) is 4.90 Å². The molecule has 3 aliphatic rings. The Morgan fingerprint density at radius 2 is 2.03 bits per heavy atom. The first-order chi connectivity index (χ1) is 17.6. The largest absolute Gasteiger partial charge is 0.493 e. The van der Waals surface area contributed by atoms with Crippen LogP contribution in [-0.4, -0.2) is 60.6 Å². The van der Waals surface area contributed by atoms with E-state index in [1.165, 1.54) is 11.1 Å². The summed E-state index contributed by atoms with van der Waals surface area (Å²) < 4.78 is 17.8. The van der Waals surface area contributed by atoms with E-state index in [9.17, 15) is 19.5 Å². The Bertz CT molecular complexity index is 1060. The van der Waals surface area contributed by atoms with Crippen molar-refractivity contribution < 1.29 is 33.7 Å². The number of rotatable bonds is 11. The van der Waals surface area contributed by atoms with E-state index < -0.39 is 18.0 Å². The van der Waals surface area contributed by atoms with Gasteiger partial charge in [0.05, 0.1) is 18.4 Å². The number of carbonyl (C=O) groups excluding carboxylic acids is 2. The lowest BCUT2D eigenvalue weighted by atomic mass is 9.69. The molecule has 1 aromatic rings. The van der Waals surface area contributed by atoms with Crippen molar-refractivity contribution in [2.24, 2.45) is 11.8 Å². The number of benzene rings is 1. The van der Waals surface area contributed by atoms with E-state index in [1.807, 2.05) is 26.0 Å². The van der Waals surface area contributed by atoms with Crippen molar-refractivity contribution in [3.63, 3.8) is 0 Å². The smallest absolute Gasteiger partial charge is 0.306 e. The summed E-state index contributed by atoms with van der Waals surface area (Å²) in [7, 11) is 3.77. The molecule has 8 heteroatoms. The normalized spacial score (nSPS) is 25.0. The van der Waals surface area contributed by atoms with Gasteiger partial charge in [-0.2, -0.15) is 0 Å². The Labute approximate surface area is 218 Å². The zero-order valence-corrected chi connectivity index (χ0v) is 22.3. The summed E-state index contributed by atoms with van der Waals surface area (Å²) in [6.45, 7) is 5.66. The summed E-state index contributed by atoms with van der Waals surface area (Å²) in [5, 5.41) is 9.35. The van der Waals surface area contributed by atoms with Gasteiger partial charge in [-0.1, -0.05) is 26.0 Å². The maximum atomic E-state index is 12.6. The maximum Gasteiger partial charge on any atom is 0.306 e. The average Bonchev–Trinajstić information content (AvgIpc) is 3.09. The summed E-state index contributed by atoms with van der Waals surface area (Å²) in [5.74, 6) is -0.364. The summed E-state index contributed by atoms with van der Waals surface area (Å²) in [6.07, 6.45) is 6.19. The van der Waals surface area contributed by atoms with E-state index in [4.69, 9.17) is 14.2 Å². The Morgan fingerprint density at radius 3 is 2.73 bits per heavy atom. The Kier molecular flexibility index (Phi) is 8.26. The van der Waals surface area contributed by atoms with Crippen LogP contribution in [0.1, 0.15) is 69.9 Å². The lowest BCUT2D eigenvalue weighted by Crippen LogP contribution is -2.43. The number of hydrogen-bond donors (Lipinski definition) is 1. The van der Waals surface area contributed by atoms with Crippen LogP contribution in [0.5, 0.6) is 11.5 Å². The highest BCUT2D eigenvalue weighted by atomic mass is 16.6. The highest BCUT2D eigenvalue weighted by molar-refractivity contribution is 5.84. The summed E-state index contributed by atoms with van der Waals surface area (Å²) in [6, 6.07) is 4.08. The number of hydrogen-bond acceptors (Lipinski definition) is 7. The van der Waals surface area contributed by atoms with Gasteiger partial charge >= 0.3 is 11.9 Å². The number of esters is 1. The summed E-state index contributed by atoms with van der Waals surface area (Å²) in [5.41, 5.74) is 2.16. The van der Waals surface area contributed by atoms with E-state index in [2.05, 4.69) is 24.1 Å². The van der Waals surface area contributed by atoms with Crippen LogP contribution in [0.4, 0.5) is 0 Å². The van der Waals surface area contributed by atoms with Gasteiger partial charge < -0.3 is 24.2 Å². The monoisotopic (exact) mass is 513 g/mol. The number of carbonyl (C=O) groups is 3. The number of methoxy groups -OCH3 is 1. The highest BCUT2D eigenvalue weighted by Crippen LogP contribution is 2.55. The number of aliphatic carboxylic acids is 1. The van der Waals surface area contributed by atoms with E-state index in [0.717, 1.165) is 31.0 Å². The van der Waals surface area contributed by atoms with Crippen molar-refractivity contribution in [2.45, 2.75) is 83.0 Å². The first kappa shape index (κ1) is 27.2. The first-order valence-electron chi connectivity index (χ1n) is 13.3. The fraction of sp³-hybridized carbons (Fsp3) is 0.621. The molecule has 0 radical (unpaired) electrons. The Hall–Kier alpha value is -2.87. The molecule has 2 aliphatic heterocycles. The molecule has 37 heavy (non-hydrogen) atoms. The zero-order valence-electron chi connectivity index (χ0n) is 22.3. The molecule has 0 saturated carbocycles. The van der Waals surface area contributed by atoms with E-state index >= 15 is 0 Å². The Morgan fingerprint density at radius 1 is 1.24 bits per heavy atom. The molecule has 4 atom stereocenters.